The Kier molecular flexibility index (Phi) is 4.11. The van der Waals surface area contributed by atoms with Crippen LogP contribution >= 0.6 is 0 Å². The smallest absolute Gasteiger partial charge is 0.328 e. The highest BCUT2D eigenvalue weighted by atomic mass is 16.2. The molecule has 142 valence electrons. The van der Waals surface area contributed by atoms with E-state index in [4.69, 9.17) is 0 Å². The minimum atomic E-state index is -0.573. The molecular formula is C20H19N5O3. The van der Waals surface area contributed by atoms with Gasteiger partial charge in [-0.2, -0.15) is 0 Å². The fourth-order valence-electron chi connectivity index (χ4n) is 3.31. The molecular weight excluding hydrogens is 358 g/mol. The van der Waals surface area contributed by atoms with Crippen LogP contribution in [0.2, 0.25) is 0 Å². The van der Waals surface area contributed by atoms with Gasteiger partial charge in [-0.15, -0.1) is 0 Å². The van der Waals surface area contributed by atoms with Gasteiger partial charge in [0.25, 0.3) is 5.56 Å². The first-order chi connectivity index (χ1) is 13.4. The number of fused-ring (bicyclic) bond motifs is 2. The molecule has 0 saturated heterocycles. The summed E-state index contributed by atoms with van der Waals surface area (Å²) in [6.45, 7) is -0.351. The van der Waals surface area contributed by atoms with Crippen molar-refractivity contribution in [1.82, 2.24) is 18.7 Å². The lowest BCUT2D eigenvalue weighted by Crippen LogP contribution is -2.44. The molecule has 8 nitrogen and oxygen atoms in total. The van der Waals surface area contributed by atoms with E-state index in [1.807, 2.05) is 42.5 Å². The van der Waals surface area contributed by atoms with Gasteiger partial charge in [0.1, 0.15) is 6.54 Å². The fourth-order valence-corrected chi connectivity index (χ4v) is 3.31. The van der Waals surface area contributed by atoms with E-state index in [2.05, 4.69) is 4.98 Å². The van der Waals surface area contributed by atoms with E-state index in [1.165, 1.54) is 22.8 Å². The predicted molar refractivity (Wildman–Crippen MR) is 108 cm³/mol. The number of hydrogen-bond acceptors (Lipinski definition) is 4. The second kappa shape index (κ2) is 6.49. The van der Waals surface area contributed by atoms with Crippen LogP contribution in [0.15, 0.2) is 58.4 Å². The van der Waals surface area contributed by atoms with Gasteiger partial charge < -0.3 is 9.47 Å². The van der Waals surface area contributed by atoms with Gasteiger partial charge in [0.05, 0.1) is 6.33 Å². The van der Waals surface area contributed by atoms with E-state index in [9.17, 15) is 14.4 Å². The van der Waals surface area contributed by atoms with E-state index < -0.39 is 11.2 Å². The molecule has 0 unspecified atom stereocenters. The third-order valence-electron chi connectivity index (χ3n) is 4.99. The summed E-state index contributed by atoms with van der Waals surface area (Å²) in [5, 5.41) is 2.07. The Balaban J connectivity index is 1.72. The summed E-state index contributed by atoms with van der Waals surface area (Å²) in [7, 11) is 4.84. The zero-order valence-corrected chi connectivity index (χ0v) is 15.8. The SMILES string of the molecule is CN(C(=O)Cn1c(=O)c2c(ncn2C)n(C)c1=O)c1ccc2ccccc2c1. The summed E-state index contributed by atoms with van der Waals surface area (Å²) in [5.41, 5.74) is 0.164. The van der Waals surface area contributed by atoms with Gasteiger partial charge in [-0.25, -0.2) is 14.3 Å². The Hall–Kier alpha value is -3.68. The van der Waals surface area contributed by atoms with Gasteiger partial charge in [0.15, 0.2) is 11.2 Å². The molecule has 0 radical (unpaired) electrons. The van der Waals surface area contributed by atoms with Crippen LogP contribution in [0, 0.1) is 0 Å². The predicted octanol–water partition coefficient (Wildman–Crippen LogP) is 1.25. The van der Waals surface area contributed by atoms with Gasteiger partial charge >= 0.3 is 5.69 Å². The van der Waals surface area contributed by atoms with Crippen molar-refractivity contribution in [2.75, 3.05) is 11.9 Å². The first-order valence-corrected chi connectivity index (χ1v) is 8.74. The van der Waals surface area contributed by atoms with Crippen LogP contribution in [0.25, 0.3) is 21.9 Å². The number of benzene rings is 2. The van der Waals surface area contributed by atoms with Crippen molar-refractivity contribution in [3.63, 3.8) is 0 Å². The molecule has 1 amide bonds. The van der Waals surface area contributed by atoms with Crippen molar-refractivity contribution in [2.24, 2.45) is 14.1 Å². The van der Waals surface area contributed by atoms with Gasteiger partial charge in [0, 0.05) is 26.8 Å². The molecule has 0 N–H and O–H groups in total. The van der Waals surface area contributed by atoms with Crippen LogP contribution in [0.1, 0.15) is 0 Å². The number of aryl methyl sites for hydroxylation is 2. The number of anilines is 1. The molecule has 0 aliphatic heterocycles. The molecule has 4 aromatic rings. The molecule has 0 aliphatic carbocycles. The summed E-state index contributed by atoms with van der Waals surface area (Å²) >= 11 is 0. The molecule has 8 heteroatoms. The van der Waals surface area contributed by atoms with Crippen LogP contribution in [-0.2, 0) is 25.4 Å². The van der Waals surface area contributed by atoms with Crippen molar-refractivity contribution in [3.8, 4) is 0 Å². The highest BCUT2D eigenvalue weighted by Gasteiger charge is 2.19. The van der Waals surface area contributed by atoms with Crippen LogP contribution < -0.4 is 16.1 Å². The maximum Gasteiger partial charge on any atom is 0.332 e. The molecule has 2 aromatic heterocycles. The molecule has 0 fully saturated rings. The van der Waals surface area contributed by atoms with E-state index >= 15 is 0 Å². The Morgan fingerprint density at radius 1 is 1.07 bits per heavy atom. The molecule has 2 heterocycles. The average molecular weight is 377 g/mol. The summed E-state index contributed by atoms with van der Waals surface area (Å²) in [6, 6.07) is 13.5. The second-order valence-electron chi connectivity index (χ2n) is 6.74. The lowest BCUT2D eigenvalue weighted by Gasteiger charge is -2.18. The Morgan fingerprint density at radius 3 is 2.54 bits per heavy atom. The van der Waals surface area contributed by atoms with Gasteiger partial charge in [-0.1, -0.05) is 30.3 Å². The monoisotopic (exact) mass is 377 g/mol. The largest absolute Gasteiger partial charge is 0.332 e. The van der Waals surface area contributed by atoms with Crippen LogP contribution in [0.3, 0.4) is 0 Å². The molecule has 0 bridgehead atoms. The van der Waals surface area contributed by atoms with E-state index in [0.717, 1.165) is 15.3 Å². The second-order valence-corrected chi connectivity index (χ2v) is 6.74. The van der Waals surface area contributed by atoms with Crippen LogP contribution in [0.4, 0.5) is 5.69 Å². The standard InChI is InChI=1S/C20H19N5O3/c1-22-12-21-18-17(22)19(27)25(20(28)24(18)3)11-16(26)23(2)15-9-8-13-6-4-5-7-14(13)10-15/h4-10,12H,11H2,1-3H3. The van der Waals surface area contributed by atoms with Crippen LogP contribution in [0.5, 0.6) is 0 Å². The molecule has 0 spiro atoms. The van der Waals surface area contributed by atoms with Crippen molar-refractivity contribution in [1.29, 1.82) is 0 Å². The molecule has 4 rings (SSSR count). The number of carbonyl (C=O) groups is 1. The summed E-state index contributed by atoms with van der Waals surface area (Å²) in [5.74, 6) is -0.365. The zero-order valence-electron chi connectivity index (χ0n) is 15.8. The van der Waals surface area contributed by atoms with E-state index in [0.29, 0.717) is 11.3 Å². The first kappa shape index (κ1) is 17.7. The number of imidazole rings is 1. The van der Waals surface area contributed by atoms with Crippen molar-refractivity contribution < 1.29 is 4.79 Å². The number of carbonyl (C=O) groups excluding carboxylic acids is 1. The van der Waals surface area contributed by atoms with Crippen LogP contribution in [-0.4, -0.2) is 31.6 Å². The van der Waals surface area contributed by atoms with E-state index in [1.54, 1.807) is 18.7 Å². The molecule has 2 aromatic carbocycles. The van der Waals surface area contributed by atoms with Crippen molar-refractivity contribution in [2.45, 2.75) is 6.54 Å². The third-order valence-corrected chi connectivity index (χ3v) is 4.99. The third kappa shape index (κ3) is 2.70. The molecule has 0 aliphatic rings. The van der Waals surface area contributed by atoms with Crippen molar-refractivity contribution >= 4 is 33.5 Å². The Morgan fingerprint density at radius 2 is 1.79 bits per heavy atom. The van der Waals surface area contributed by atoms with Crippen molar-refractivity contribution in [3.05, 3.63) is 69.6 Å². The number of rotatable bonds is 3. The maximum atomic E-state index is 12.8. The lowest BCUT2D eigenvalue weighted by atomic mass is 10.1. The van der Waals surface area contributed by atoms with Gasteiger partial charge in [-0.3, -0.25) is 14.2 Å². The minimum absolute atomic E-state index is 0.281. The highest BCUT2D eigenvalue weighted by Crippen LogP contribution is 2.21. The minimum Gasteiger partial charge on any atom is -0.328 e. The normalized spacial score (nSPS) is 11.2. The number of likely N-dealkylation sites (N-methyl/N-ethyl adjacent to an activating group) is 1. The summed E-state index contributed by atoms with van der Waals surface area (Å²) in [4.78, 5) is 43.7. The zero-order chi connectivity index (χ0) is 20.0. The summed E-state index contributed by atoms with van der Waals surface area (Å²) < 4.78 is 3.77. The fraction of sp³-hybridized carbons (Fsp3) is 0.200. The molecule has 0 saturated carbocycles. The highest BCUT2D eigenvalue weighted by molar-refractivity contribution is 5.96. The van der Waals surface area contributed by atoms with Gasteiger partial charge in [0.2, 0.25) is 5.91 Å². The Bertz CT molecular complexity index is 1350. The number of amides is 1. The Labute approximate surface area is 159 Å². The number of nitrogens with zero attached hydrogens (tertiary/aromatic N) is 5. The lowest BCUT2D eigenvalue weighted by molar-refractivity contribution is -0.119. The topological polar surface area (TPSA) is 82.1 Å². The molecule has 28 heavy (non-hydrogen) atoms. The first-order valence-electron chi connectivity index (χ1n) is 8.74. The molecule has 0 atom stereocenters. The maximum absolute atomic E-state index is 12.8. The van der Waals surface area contributed by atoms with Gasteiger partial charge in [-0.05, 0) is 22.9 Å². The number of aromatic nitrogens is 4. The number of hydrogen-bond donors (Lipinski definition) is 0. The van der Waals surface area contributed by atoms with E-state index in [-0.39, 0.29) is 18.0 Å². The average Bonchev–Trinajstić information content (AvgIpc) is 3.10. The summed E-state index contributed by atoms with van der Waals surface area (Å²) in [6.07, 6.45) is 1.47. The quantitative estimate of drug-likeness (QED) is 0.538.